The molecule has 186 valence electrons. The van der Waals surface area contributed by atoms with Crippen molar-refractivity contribution in [3.8, 4) is 0 Å². The van der Waals surface area contributed by atoms with Crippen molar-refractivity contribution in [1.29, 1.82) is 0 Å². The minimum Gasteiger partial charge on any atom is -0.462 e. The lowest BCUT2D eigenvalue weighted by Crippen LogP contribution is -2.43. The molecule has 1 unspecified atom stereocenters. The molecule has 1 fully saturated rings. The van der Waals surface area contributed by atoms with Gasteiger partial charge in [-0.2, -0.15) is 5.10 Å². The van der Waals surface area contributed by atoms with Crippen molar-refractivity contribution in [3.05, 3.63) is 70.3 Å². The third-order valence-electron chi connectivity index (χ3n) is 6.54. The van der Waals surface area contributed by atoms with Crippen LogP contribution in [0.25, 0.3) is 0 Å². The van der Waals surface area contributed by atoms with Crippen molar-refractivity contribution in [1.82, 2.24) is 9.91 Å². The molecule has 2 aliphatic heterocycles. The third-order valence-corrected chi connectivity index (χ3v) is 6.54. The van der Waals surface area contributed by atoms with Crippen LogP contribution in [0.3, 0.4) is 0 Å². The van der Waals surface area contributed by atoms with Gasteiger partial charge in [-0.15, -0.1) is 0 Å². The molecular formula is C27H34N4O4. The number of carbonyl (C=O) groups is 2. The predicted octanol–water partition coefficient (Wildman–Crippen LogP) is 2.74. The molecule has 0 aromatic heterocycles. The number of ketones is 1. The van der Waals surface area contributed by atoms with E-state index in [2.05, 4.69) is 10.1 Å². The van der Waals surface area contributed by atoms with E-state index in [1.54, 1.807) is 7.11 Å². The smallest absolute Gasteiger partial charge is 0.320 e. The normalized spacial score (nSPS) is 18.5. The SMILES string of the molecule is COCCOC(=O)CN1CCc2cc(C(=O)c3ccc(C=NN4CCCCC4)cc3)ccc2C1N. The van der Waals surface area contributed by atoms with Crippen LogP contribution in [-0.2, 0) is 20.7 Å². The number of nitrogens with zero attached hydrogens (tertiary/aromatic N) is 3. The van der Waals surface area contributed by atoms with Gasteiger partial charge in [0.25, 0.3) is 0 Å². The number of hydrogen-bond acceptors (Lipinski definition) is 8. The summed E-state index contributed by atoms with van der Waals surface area (Å²) in [5.74, 6) is -0.345. The molecule has 35 heavy (non-hydrogen) atoms. The Labute approximate surface area is 206 Å². The molecule has 0 spiro atoms. The molecule has 4 rings (SSSR count). The van der Waals surface area contributed by atoms with Crippen LogP contribution >= 0.6 is 0 Å². The standard InChI is InChI=1S/C27H34N4O4/c1-34-15-16-35-25(32)19-30-14-11-22-17-23(9-10-24(22)27(30)28)26(33)21-7-5-20(6-8-21)18-29-31-12-3-2-4-13-31/h5-10,17-18,27H,2-4,11-16,19,28H2,1H3. The first-order chi connectivity index (χ1) is 17.0. The number of esters is 1. The Balaban J connectivity index is 1.38. The van der Waals surface area contributed by atoms with Gasteiger partial charge in [0.1, 0.15) is 6.61 Å². The number of hydrazone groups is 1. The van der Waals surface area contributed by atoms with E-state index in [4.69, 9.17) is 15.2 Å². The Bertz CT molecular complexity index is 1050. The zero-order chi connectivity index (χ0) is 24.6. The highest BCUT2D eigenvalue weighted by Gasteiger charge is 2.27. The number of nitrogens with two attached hydrogens (primary N) is 1. The van der Waals surface area contributed by atoms with Gasteiger partial charge in [0.2, 0.25) is 0 Å². The maximum Gasteiger partial charge on any atom is 0.320 e. The summed E-state index contributed by atoms with van der Waals surface area (Å²) in [6.45, 7) is 3.35. The Hall–Kier alpha value is -3.07. The van der Waals surface area contributed by atoms with Gasteiger partial charge in [0, 0.05) is 37.9 Å². The van der Waals surface area contributed by atoms with E-state index in [1.165, 1.54) is 19.3 Å². The lowest BCUT2D eigenvalue weighted by atomic mass is 9.92. The molecule has 0 saturated carbocycles. The van der Waals surface area contributed by atoms with Crippen molar-refractivity contribution >= 4 is 18.0 Å². The summed E-state index contributed by atoms with van der Waals surface area (Å²) in [4.78, 5) is 27.1. The van der Waals surface area contributed by atoms with Crippen molar-refractivity contribution < 1.29 is 19.1 Å². The topological polar surface area (TPSA) is 97.5 Å². The van der Waals surface area contributed by atoms with Crippen LogP contribution in [0.4, 0.5) is 0 Å². The largest absolute Gasteiger partial charge is 0.462 e. The Morgan fingerprint density at radius 2 is 1.77 bits per heavy atom. The lowest BCUT2D eigenvalue weighted by molar-refractivity contribution is -0.147. The van der Waals surface area contributed by atoms with Crippen molar-refractivity contribution in [2.24, 2.45) is 10.8 Å². The highest BCUT2D eigenvalue weighted by Crippen LogP contribution is 2.27. The fourth-order valence-electron chi connectivity index (χ4n) is 4.51. The number of rotatable bonds is 9. The van der Waals surface area contributed by atoms with E-state index in [0.717, 1.165) is 29.8 Å². The van der Waals surface area contributed by atoms with E-state index < -0.39 is 6.17 Å². The lowest BCUT2D eigenvalue weighted by Gasteiger charge is -2.34. The first kappa shape index (κ1) is 25.0. The van der Waals surface area contributed by atoms with Gasteiger partial charge in [-0.25, -0.2) is 0 Å². The fourth-order valence-corrected chi connectivity index (χ4v) is 4.51. The zero-order valence-corrected chi connectivity index (χ0v) is 20.3. The van der Waals surface area contributed by atoms with Gasteiger partial charge in [-0.05, 0) is 48.4 Å². The number of ether oxygens (including phenoxy) is 2. The summed E-state index contributed by atoms with van der Waals surface area (Å²) in [6.07, 6.45) is 5.81. The molecule has 0 radical (unpaired) electrons. The molecule has 2 heterocycles. The summed E-state index contributed by atoms with van der Waals surface area (Å²) < 4.78 is 10.1. The van der Waals surface area contributed by atoms with Crippen LogP contribution in [-0.4, -0.2) is 74.4 Å². The highest BCUT2D eigenvalue weighted by molar-refractivity contribution is 6.09. The maximum atomic E-state index is 13.1. The quantitative estimate of drug-likeness (QED) is 0.256. The van der Waals surface area contributed by atoms with E-state index in [1.807, 2.05) is 53.6 Å². The average Bonchev–Trinajstić information content (AvgIpc) is 2.89. The van der Waals surface area contributed by atoms with Gasteiger partial charge in [0.05, 0.1) is 25.5 Å². The second kappa shape index (κ2) is 12.1. The fraction of sp³-hybridized carbons (Fsp3) is 0.444. The van der Waals surface area contributed by atoms with Crippen molar-refractivity contribution in [3.63, 3.8) is 0 Å². The number of fused-ring (bicyclic) bond motifs is 1. The number of carbonyl (C=O) groups excluding carboxylic acids is 2. The van der Waals surface area contributed by atoms with Crippen LogP contribution in [0, 0.1) is 0 Å². The molecule has 0 aliphatic carbocycles. The van der Waals surface area contributed by atoms with Crippen LogP contribution in [0.15, 0.2) is 47.6 Å². The van der Waals surface area contributed by atoms with E-state index in [9.17, 15) is 9.59 Å². The Kier molecular flexibility index (Phi) is 8.63. The average molecular weight is 479 g/mol. The van der Waals surface area contributed by atoms with Crippen LogP contribution in [0.2, 0.25) is 0 Å². The number of hydrogen-bond donors (Lipinski definition) is 1. The van der Waals surface area contributed by atoms with E-state index in [0.29, 0.717) is 30.7 Å². The van der Waals surface area contributed by atoms with Crippen LogP contribution in [0.5, 0.6) is 0 Å². The van der Waals surface area contributed by atoms with Crippen molar-refractivity contribution in [2.45, 2.75) is 31.8 Å². The molecule has 2 aromatic carbocycles. The van der Waals surface area contributed by atoms with Crippen molar-refractivity contribution in [2.75, 3.05) is 46.5 Å². The molecule has 2 aromatic rings. The minimum atomic E-state index is -0.420. The molecule has 2 aliphatic rings. The first-order valence-corrected chi connectivity index (χ1v) is 12.3. The monoisotopic (exact) mass is 478 g/mol. The predicted molar refractivity (Wildman–Crippen MR) is 134 cm³/mol. The van der Waals surface area contributed by atoms with Gasteiger partial charge in [-0.3, -0.25) is 19.5 Å². The van der Waals surface area contributed by atoms with E-state index >= 15 is 0 Å². The summed E-state index contributed by atoms with van der Waals surface area (Å²) in [5, 5.41) is 6.66. The molecule has 8 nitrogen and oxygen atoms in total. The third kappa shape index (κ3) is 6.54. The van der Waals surface area contributed by atoms with Crippen LogP contribution < -0.4 is 5.73 Å². The minimum absolute atomic E-state index is 0.0231. The maximum absolute atomic E-state index is 13.1. The van der Waals surface area contributed by atoms with Gasteiger partial charge < -0.3 is 15.2 Å². The van der Waals surface area contributed by atoms with Gasteiger partial charge >= 0.3 is 5.97 Å². The number of benzene rings is 2. The van der Waals surface area contributed by atoms with Crippen LogP contribution in [0.1, 0.15) is 58.0 Å². The molecule has 1 atom stereocenters. The Morgan fingerprint density at radius 3 is 2.51 bits per heavy atom. The molecule has 0 amide bonds. The molecule has 0 bridgehead atoms. The number of piperidine rings is 1. The highest BCUT2D eigenvalue weighted by atomic mass is 16.6. The summed E-state index contributed by atoms with van der Waals surface area (Å²) in [6, 6.07) is 13.2. The first-order valence-electron chi connectivity index (χ1n) is 12.3. The molecule has 8 heteroatoms. The summed E-state index contributed by atoms with van der Waals surface area (Å²) >= 11 is 0. The van der Waals surface area contributed by atoms with E-state index in [-0.39, 0.29) is 24.9 Å². The van der Waals surface area contributed by atoms with Gasteiger partial charge in [0.15, 0.2) is 5.78 Å². The molecule has 2 N–H and O–H groups in total. The Morgan fingerprint density at radius 1 is 1.03 bits per heavy atom. The second-order valence-corrected chi connectivity index (χ2v) is 9.00. The summed E-state index contributed by atoms with van der Waals surface area (Å²) in [5.41, 5.74) is 10.6. The zero-order valence-electron chi connectivity index (χ0n) is 20.3. The molecular weight excluding hydrogens is 444 g/mol. The number of methoxy groups -OCH3 is 1. The second-order valence-electron chi connectivity index (χ2n) is 9.00. The molecule has 1 saturated heterocycles. The summed E-state index contributed by atoms with van der Waals surface area (Å²) in [7, 11) is 1.56. The van der Waals surface area contributed by atoms with Gasteiger partial charge in [-0.1, -0.05) is 36.4 Å².